The summed E-state index contributed by atoms with van der Waals surface area (Å²) >= 11 is 10.7. The van der Waals surface area contributed by atoms with Crippen LogP contribution in [0.3, 0.4) is 0 Å². The SMILES string of the molecule is CCn1ncc(Cl)c1C(=O)N(C)c1ncc(Br)s1. The maximum atomic E-state index is 12.3. The first-order valence-electron chi connectivity index (χ1n) is 5.15. The molecule has 0 radical (unpaired) electrons. The van der Waals surface area contributed by atoms with Crippen LogP contribution in [0.5, 0.6) is 0 Å². The number of nitrogens with zero attached hydrogens (tertiary/aromatic N) is 4. The highest BCUT2D eigenvalue weighted by Gasteiger charge is 2.23. The van der Waals surface area contributed by atoms with Crippen molar-refractivity contribution in [2.75, 3.05) is 11.9 Å². The van der Waals surface area contributed by atoms with Gasteiger partial charge in [-0.15, -0.1) is 0 Å². The molecular weight excluding hydrogens is 340 g/mol. The zero-order valence-corrected chi connectivity index (χ0v) is 12.9. The topological polar surface area (TPSA) is 51.0 Å². The van der Waals surface area contributed by atoms with E-state index in [-0.39, 0.29) is 5.91 Å². The highest BCUT2D eigenvalue weighted by atomic mass is 79.9. The summed E-state index contributed by atoms with van der Waals surface area (Å²) in [5.41, 5.74) is 0.382. The van der Waals surface area contributed by atoms with Gasteiger partial charge in [0.15, 0.2) is 5.13 Å². The molecule has 0 N–H and O–H groups in total. The van der Waals surface area contributed by atoms with E-state index < -0.39 is 0 Å². The van der Waals surface area contributed by atoms with E-state index in [1.54, 1.807) is 17.9 Å². The number of rotatable bonds is 3. The molecule has 0 aromatic carbocycles. The first kappa shape index (κ1) is 13.5. The maximum Gasteiger partial charge on any atom is 0.279 e. The van der Waals surface area contributed by atoms with Gasteiger partial charge in [0, 0.05) is 13.6 Å². The lowest BCUT2D eigenvalue weighted by Crippen LogP contribution is -2.28. The van der Waals surface area contributed by atoms with Crippen molar-refractivity contribution < 1.29 is 4.79 Å². The number of aromatic nitrogens is 3. The van der Waals surface area contributed by atoms with Crippen molar-refractivity contribution in [3.8, 4) is 0 Å². The molecule has 0 atom stereocenters. The van der Waals surface area contributed by atoms with Crippen molar-refractivity contribution in [1.82, 2.24) is 14.8 Å². The van der Waals surface area contributed by atoms with E-state index in [2.05, 4.69) is 26.0 Å². The molecule has 2 aromatic heterocycles. The summed E-state index contributed by atoms with van der Waals surface area (Å²) in [4.78, 5) is 17.9. The third-order valence-corrected chi connectivity index (χ3v) is 4.18. The van der Waals surface area contributed by atoms with Gasteiger partial charge in [0.1, 0.15) is 5.69 Å². The number of anilines is 1. The summed E-state index contributed by atoms with van der Waals surface area (Å²) in [6.07, 6.45) is 3.13. The van der Waals surface area contributed by atoms with E-state index in [1.807, 2.05) is 6.92 Å². The Balaban J connectivity index is 2.33. The third-order valence-electron chi connectivity index (χ3n) is 2.35. The van der Waals surface area contributed by atoms with E-state index in [4.69, 9.17) is 11.6 Å². The van der Waals surface area contributed by atoms with Crippen molar-refractivity contribution in [3.63, 3.8) is 0 Å². The number of halogens is 2. The van der Waals surface area contributed by atoms with Gasteiger partial charge in [-0.2, -0.15) is 5.10 Å². The lowest BCUT2D eigenvalue weighted by Gasteiger charge is -2.14. The minimum absolute atomic E-state index is 0.221. The Bertz CT molecular complexity index is 582. The second-order valence-corrected chi connectivity index (χ2v) is 6.26. The molecule has 1 amide bonds. The van der Waals surface area contributed by atoms with Crippen molar-refractivity contribution in [2.45, 2.75) is 13.5 Å². The second kappa shape index (κ2) is 5.38. The monoisotopic (exact) mass is 348 g/mol. The van der Waals surface area contributed by atoms with Gasteiger partial charge >= 0.3 is 0 Å². The fourth-order valence-electron chi connectivity index (χ4n) is 1.46. The van der Waals surface area contributed by atoms with Gasteiger partial charge in [-0.3, -0.25) is 14.4 Å². The fraction of sp³-hybridized carbons (Fsp3) is 0.300. The average Bonchev–Trinajstić information content (AvgIpc) is 2.93. The molecule has 0 aliphatic carbocycles. The molecule has 0 fully saturated rings. The van der Waals surface area contributed by atoms with Crippen molar-refractivity contribution in [1.29, 1.82) is 0 Å². The van der Waals surface area contributed by atoms with Gasteiger partial charge < -0.3 is 0 Å². The third kappa shape index (κ3) is 2.43. The molecule has 0 unspecified atom stereocenters. The Morgan fingerprint density at radius 1 is 1.61 bits per heavy atom. The zero-order chi connectivity index (χ0) is 13.3. The normalized spacial score (nSPS) is 10.7. The van der Waals surface area contributed by atoms with Crippen molar-refractivity contribution in [3.05, 3.63) is 26.9 Å². The van der Waals surface area contributed by atoms with Gasteiger partial charge in [0.2, 0.25) is 0 Å². The molecule has 18 heavy (non-hydrogen) atoms. The predicted molar refractivity (Wildman–Crippen MR) is 75.5 cm³/mol. The van der Waals surface area contributed by atoms with E-state index in [0.717, 1.165) is 3.79 Å². The maximum absolute atomic E-state index is 12.3. The Kier molecular flexibility index (Phi) is 4.04. The number of aryl methyl sites for hydroxylation is 1. The highest BCUT2D eigenvalue weighted by Crippen LogP contribution is 2.27. The molecule has 2 heterocycles. The molecule has 2 aromatic rings. The molecule has 5 nitrogen and oxygen atoms in total. The van der Waals surface area contributed by atoms with Gasteiger partial charge in [-0.05, 0) is 22.9 Å². The standard InChI is InChI=1S/C10H10BrClN4OS/c1-3-16-8(6(12)4-14-16)9(17)15(2)10-13-5-7(11)18-10/h4-5H,3H2,1-2H3. The van der Waals surface area contributed by atoms with E-state index in [9.17, 15) is 4.79 Å². The molecule has 96 valence electrons. The molecule has 0 bridgehead atoms. The van der Waals surface area contributed by atoms with Gasteiger partial charge in [0.05, 0.1) is 21.2 Å². The lowest BCUT2D eigenvalue weighted by molar-refractivity contribution is 0.0983. The predicted octanol–water partition coefficient (Wildman–Crippen LogP) is 3.05. The quantitative estimate of drug-likeness (QED) is 0.856. The Morgan fingerprint density at radius 2 is 2.33 bits per heavy atom. The molecule has 0 aliphatic rings. The van der Waals surface area contributed by atoms with Crippen LogP contribution in [0, 0.1) is 0 Å². The van der Waals surface area contributed by atoms with Crippen LogP contribution in [0.15, 0.2) is 16.2 Å². The Hall–Kier alpha value is -0.920. The van der Waals surface area contributed by atoms with Gasteiger partial charge in [-0.25, -0.2) is 4.98 Å². The Labute approximate surface area is 122 Å². The van der Waals surface area contributed by atoms with Crippen LogP contribution in [0.4, 0.5) is 5.13 Å². The summed E-state index contributed by atoms with van der Waals surface area (Å²) in [6, 6.07) is 0. The van der Waals surface area contributed by atoms with Crippen molar-refractivity contribution >= 4 is 49.9 Å². The summed E-state index contributed by atoms with van der Waals surface area (Å²) in [5, 5.41) is 5.00. The number of hydrogen-bond donors (Lipinski definition) is 0. The minimum Gasteiger partial charge on any atom is -0.286 e. The first-order chi connectivity index (χ1) is 8.54. The molecule has 8 heteroatoms. The van der Waals surface area contributed by atoms with Crippen LogP contribution in [0.25, 0.3) is 0 Å². The number of hydrogen-bond acceptors (Lipinski definition) is 4. The van der Waals surface area contributed by atoms with Gasteiger partial charge in [-0.1, -0.05) is 22.9 Å². The molecule has 0 spiro atoms. The summed E-state index contributed by atoms with van der Waals surface area (Å²) < 4.78 is 2.44. The Morgan fingerprint density at radius 3 is 2.89 bits per heavy atom. The fourth-order valence-corrected chi connectivity index (χ4v) is 2.83. The number of carbonyl (C=O) groups is 1. The zero-order valence-electron chi connectivity index (χ0n) is 9.72. The van der Waals surface area contributed by atoms with Crippen molar-refractivity contribution in [2.24, 2.45) is 0 Å². The van der Waals surface area contributed by atoms with Gasteiger partial charge in [0.25, 0.3) is 5.91 Å². The molecular formula is C10H10BrClN4OS. The van der Waals surface area contributed by atoms with Crippen LogP contribution in [-0.4, -0.2) is 27.7 Å². The van der Waals surface area contributed by atoms with Crippen LogP contribution >= 0.6 is 38.9 Å². The second-order valence-electron chi connectivity index (χ2n) is 3.47. The van der Waals surface area contributed by atoms with Crippen LogP contribution in [-0.2, 0) is 6.54 Å². The van der Waals surface area contributed by atoms with Crippen LogP contribution in [0.2, 0.25) is 5.02 Å². The first-order valence-corrected chi connectivity index (χ1v) is 7.14. The number of amides is 1. The lowest BCUT2D eigenvalue weighted by atomic mass is 10.3. The summed E-state index contributed by atoms with van der Waals surface area (Å²) in [7, 11) is 1.66. The van der Waals surface area contributed by atoms with E-state index in [0.29, 0.717) is 22.4 Å². The largest absolute Gasteiger partial charge is 0.286 e. The smallest absolute Gasteiger partial charge is 0.279 e. The highest BCUT2D eigenvalue weighted by molar-refractivity contribution is 9.11. The average molecular weight is 350 g/mol. The molecule has 0 aliphatic heterocycles. The summed E-state index contributed by atoms with van der Waals surface area (Å²) in [6.45, 7) is 2.49. The minimum atomic E-state index is -0.221. The summed E-state index contributed by atoms with van der Waals surface area (Å²) in [5.74, 6) is -0.221. The molecule has 0 saturated heterocycles. The molecule has 2 rings (SSSR count). The number of thiazole rings is 1. The van der Waals surface area contributed by atoms with E-state index in [1.165, 1.54) is 22.4 Å². The van der Waals surface area contributed by atoms with Crippen LogP contribution < -0.4 is 4.90 Å². The van der Waals surface area contributed by atoms with E-state index >= 15 is 0 Å². The van der Waals surface area contributed by atoms with Crippen LogP contribution in [0.1, 0.15) is 17.4 Å². The number of carbonyl (C=O) groups excluding carboxylic acids is 1. The molecule has 0 saturated carbocycles.